The molecule has 1 aromatic rings. The Morgan fingerprint density at radius 3 is 3.10 bits per heavy atom. The molecule has 0 radical (unpaired) electrons. The first-order valence-corrected chi connectivity index (χ1v) is 7.46. The molecule has 0 saturated carbocycles. The minimum Gasteiger partial charge on any atom is -0.488 e. The van der Waals surface area contributed by atoms with Crippen LogP contribution in [0, 0.1) is 0 Å². The van der Waals surface area contributed by atoms with Gasteiger partial charge in [0.2, 0.25) is 5.91 Å². The second kappa shape index (κ2) is 7.61. The molecule has 1 aromatic carbocycles. The standard InChI is InChI=1S/C14H19BrN2O3/c1-10(20-13-5-3-2-4-11(13)15)8-17-14(18)12-9-19-7-6-16-12/h2-5,10,12,16H,6-9H2,1H3,(H,17,18). The van der Waals surface area contributed by atoms with Crippen LogP contribution in [0.3, 0.4) is 0 Å². The number of carbonyl (C=O) groups excluding carboxylic acids is 1. The lowest BCUT2D eigenvalue weighted by molar-refractivity contribution is -0.126. The summed E-state index contributed by atoms with van der Waals surface area (Å²) in [5.74, 6) is 0.723. The third kappa shape index (κ3) is 4.47. The van der Waals surface area contributed by atoms with Gasteiger partial charge in [0.05, 0.1) is 24.2 Å². The molecule has 0 aromatic heterocycles. The topological polar surface area (TPSA) is 59.6 Å². The number of halogens is 1. The summed E-state index contributed by atoms with van der Waals surface area (Å²) in [6, 6.07) is 7.38. The Hall–Kier alpha value is -1.11. The zero-order valence-electron chi connectivity index (χ0n) is 11.4. The monoisotopic (exact) mass is 342 g/mol. The zero-order chi connectivity index (χ0) is 14.4. The number of benzene rings is 1. The van der Waals surface area contributed by atoms with Crippen molar-refractivity contribution >= 4 is 21.8 Å². The van der Waals surface area contributed by atoms with Crippen LogP contribution in [0.15, 0.2) is 28.7 Å². The van der Waals surface area contributed by atoms with Crippen molar-refractivity contribution in [2.45, 2.75) is 19.1 Å². The maximum Gasteiger partial charge on any atom is 0.239 e. The van der Waals surface area contributed by atoms with Crippen molar-refractivity contribution in [3.05, 3.63) is 28.7 Å². The fourth-order valence-electron chi connectivity index (χ4n) is 1.90. The Morgan fingerprint density at radius 2 is 2.40 bits per heavy atom. The first kappa shape index (κ1) is 15.3. The number of ether oxygens (including phenoxy) is 2. The van der Waals surface area contributed by atoms with Crippen molar-refractivity contribution in [1.29, 1.82) is 0 Å². The van der Waals surface area contributed by atoms with E-state index >= 15 is 0 Å². The van der Waals surface area contributed by atoms with E-state index in [-0.39, 0.29) is 18.1 Å². The molecule has 2 atom stereocenters. The predicted molar refractivity (Wildman–Crippen MR) is 79.9 cm³/mol. The number of morpholine rings is 1. The fraction of sp³-hybridized carbons (Fsp3) is 0.500. The van der Waals surface area contributed by atoms with Gasteiger partial charge in [-0.1, -0.05) is 12.1 Å². The van der Waals surface area contributed by atoms with Gasteiger partial charge in [0, 0.05) is 6.54 Å². The van der Waals surface area contributed by atoms with Crippen LogP contribution in [-0.2, 0) is 9.53 Å². The zero-order valence-corrected chi connectivity index (χ0v) is 13.0. The molecule has 20 heavy (non-hydrogen) atoms. The van der Waals surface area contributed by atoms with E-state index in [1.165, 1.54) is 0 Å². The van der Waals surface area contributed by atoms with Crippen molar-refractivity contribution < 1.29 is 14.3 Å². The van der Waals surface area contributed by atoms with Crippen LogP contribution in [-0.4, -0.2) is 44.4 Å². The summed E-state index contributed by atoms with van der Waals surface area (Å²) < 4.78 is 11.9. The number of para-hydroxylation sites is 1. The van der Waals surface area contributed by atoms with Gasteiger partial charge in [-0.05, 0) is 35.0 Å². The number of rotatable bonds is 5. The van der Waals surface area contributed by atoms with Crippen molar-refractivity contribution in [1.82, 2.24) is 10.6 Å². The average molecular weight is 343 g/mol. The maximum atomic E-state index is 11.9. The number of hydrogen-bond acceptors (Lipinski definition) is 4. The number of nitrogens with one attached hydrogen (secondary N) is 2. The van der Waals surface area contributed by atoms with Crippen molar-refractivity contribution in [2.24, 2.45) is 0 Å². The lowest BCUT2D eigenvalue weighted by atomic mass is 10.2. The van der Waals surface area contributed by atoms with Crippen LogP contribution >= 0.6 is 15.9 Å². The van der Waals surface area contributed by atoms with E-state index in [2.05, 4.69) is 26.6 Å². The van der Waals surface area contributed by atoms with Gasteiger partial charge >= 0.3 is 0 Å². The van der Waals surface area contributed by atoms with Crippen LogP contribution in [0.25, 0.3) is 0 Å². The summed E-state index contributed by atoms with van der Waals surface area (Å²) in [6.45, 7) is 4.17. The third-order valence-electron chi connectivity index (χ3n) is 2.97. The van der Waals surface area contributed by atoms with Gasteiger partial charge < -0.3 is 20.1 Å². The minimum atomic E-state index is -0.264. The molecule has 1 aliphatic rings. The highest BCUT2D eigenvalue weighted by Crippen LogP contribution is 2.24. The van der Waals surface area contributed by atoms with Crippen LogP contribution in [0.1, 0.15) is 6.92 Å². The molecule has 0 spiro atoms. The molecule has 1 fully saturated rings. The Balaban J connectivity index is 1.76. The summed E-state index contributed by atoms with van der Waals surface area (Å²) in [6.07, 6.45) is -0.109. The Kier molecular flexibility index (Phi) is 5.82. The Labute approximate surface area is 127 Å². The predicted octanol–water partition coefficient (Wildman–Crippen LogP) is 1.32. The molecule has 6 heteroatoms. The summed E-state index contributed by atoms with van der Waals surface area (Å²) in [4.78, 5) is 11.9. The minimum absolute atomic E-state index is 0.0488. The van der Waals surface area contributed by atoms with Crippen molar-refractivity contribution in [3.63, 3.8) is 0 Å². The molecule has 110 valence electrons. The van der Waals surface area contributed by atoms with Gasteiger partial charge in [0.25, 0.3) is 0 Å². The molecule has 2 rings (SSSR count). The smallest absolute Gasteiger partial charge is 0.239 e. The molecule has 1 heterocycles. The van der Waals surface area contributed by atoms with Gasteiger partial charge in [0.15, 0.2) is 0 Å². The van der Waals surface area contributed by atoms with Crippen LogP contribution in [0.2, 0.25) is 0 Å². The molecule has 0 bridgehead atoms. The van der Waals surface area contributed by atoms with Crippen molar-refractivity contribution in [3.8, 4) is 5.75 Å². The number of amides is 1. The quantitative estimate of drug-likeness (QED) is 0.847. The van der Waals surface area contributed by atoms with E-state index in [9.17, 15) is 4.79 Å². The maximum absolute atomic E-state index is 11.9. The second-order valence-corrected chi connectivity index (χ2v) is 5.54. The molecule has 1 aliphatic heterocycles. The lowest BCUT2D eigenvalue weighted by Gasteiger charge is -2.24. The van der Waals surface area contributed by atoms with Gasteiger partial charge in [-0.3, -0.25) is 4.79 Å². The van der Waals surface area contributed by atoms with Crippen LogP contribution in [0.4, 0.5) is 0 Å². The highest BCUT2D eigenvalue weighted by molar-refractivity contribution is 9.10. The highest BCUT2D eigenvalue weighted by Gasteiger charge is 2.21. The third-order valence-corrected chi connectivity index (χ3v) is 3.62. The van der Waals surface area contributed by atoms with E-state index in [1.54, 1.807) is 0 Å². The molecule has 1 saturated heterocycles. The molecule has 0 aliphatic carbocycles. The first-order chi connectivity index (χ1) is 9.66. The SMILES string of the molecule is CC(CNC(=O)C1COCCN1)Oc1ccccc1Br. The molecule has 1 amide bonds. The number of hydrogen-bond donors (Lipinski definition) is 2. The summed E-state index contributed by atoms with van der Waals surface area (Å²) in [5, 5.41) is 5.99. The second-order valence-electron chi connectivity index (χ2n) is 4.69. The first-order valence-electron chi connectivity index (χ1n) is 6.67. The normalized spacial score (nSPS) is 20.2. The summed E-state index contributed by atoms with van der Waals surface area (Å²) in [7, 11) is 0. The van der Waals surface area contributed by atoms with E-state index in [0.717, 1.165) is 10.2 Å². The molecule has 5 nitrogen and oxygen atoms in total. The van der Waals surface area contributed by atoms with Gasteiger partial charge in [-0.25, -0.2) is 0 Å². The molecular formula is C14H19BrN2O3. The molecular weight excluding hydrogens is 324 g/mol. The highest BCUT2D eigenvalue weighted by atomic mass is 79.9. The largest absolute Gasteiger partial charge is 0.488 e. The van der Waals surface area contributed by atoms with Crippen LogP contribution < -0.4 is 15.4 Å². The van der Waals surface area contributed by atoms with E-state index in [1.807, 2.05) is 31.2 Å². The van der Waals surface area contributed by atoms with Crippen molar-refractivity contribution in [2.75, 3.05) is 26.3 Å². The molecule has 2 unspecified atom stereocenters. The summed E-state index contributed by atoms with van der Waals surface area (Å²) in [5.41, 5.74) is 0. The average Bonchev–Trinajstić information content (AvgIpc) is 2.48. The Morgan fingerprint density at radius 1 is 1.60 bits per heavy atom. The fourth-order valence-corrected chi connectivity index (χ4v) is 2.28. The lowest BCUT2D eigenvalue weighted by Crippen LogP contribution is -2.52. The van der Waals surface area contributed by atoms with Gasteiger partial charge in [0.1, 0.15) is 17.9 Å². The van der Waals surface area contributed by atoms with Gasteiger partial charge in [-0.2, -0.15) is 0 Å². The van der Waals surface area contributed by atoms with E-state index in [0.29, 0.717) is 26.3 Å². The van der Waals surface area contributed by atoms with Crippen LogP contribution in [0.5, 0.6) is 5.75 Å². The number of carbonyl (C=O) groups is 1. The van der Waals surface area contributed by atoms with E-state index in [4.69, 9.17) is 9.47 Å². The Bertz CT molecular complexity index is 450. The van der Waals surface area contributed by atoms with E-state index < -0.39 is 0 Å². The summed E-state index contributed by atoms with van der Waals surface area (Å²) >= 11 is 3.43. The van der Waals surface area contributed by atoms with Gasteiger partial charge in [-0.15, -0.1) is 0 Å². The molecule has 2 N–H and O–H groups in total.